The monoisotopic (exact) mass is 373 g/mol. The minimum Gasteiger partial charge on any atom is -0.478 e. The van der Waals surface area contributed by atoms with E-state index in [4.69, 9.17) is 10.3 Å². The van der Waals surface area contributed by atoms with E-state index in [1.807, 2.05) is 24.3 Å². The lowest BCUT2D eigenvalue weighted by molar-refractivity contribution is -0.124. The maximum absolute atomic E-state index is 11.0. The van der Waals surface area contributed by atoms with Gasteiger partial charge in [0.15, 0.2) is 0 Å². The number of carboxylic acids is 1. The first-order chi connectivity index (χ1) is 12.0. The molecule has 1 amide bonds. The second-order valence-corrected chi connectivity index (χ2v) is 5.45. The highest BCUT2D eigenvalue weighted by Gasteiger charge is 2.08. The molecule has 3 rings (SSSR count). The molecule has 26 heavy (non-hydrogen) atoms. The number of rotatable bonds is 5. The van der Waals surface area contributed by atoms with Gasteiger partial charge in [0.2, 0.25) is 0 Å². The van der Waals surface area contributed by atoms with Crippen LogP contribution in [0.25, 0.3) is 17.1 Å². The molecule has 7 nitrogen and oxygen atoms in total. The van der Waals surface area contributed by atoms with E-state index in [0.29, 0.717) is 11.9 Å². The third-order valence-corrected chi connectivity index (χ3v) is 3.67. The van der Waals surface area contributed by atoms with Gasteiger partial charge in [0.1, 0.15) is 5.82 Å². The lowest BCUT2D eigenvalue weighted by atomic mass is 10.1. The summed E-state index contributed by atoms with van der Waals surface area (Å²) in [4.78, 5) is 29.5. The molecule has 0 bridgehead atoms. The highest BCUT2D eigenvalue weighted by molar-refractivity contribution is 5.92. The summed E-state index contributed by atoms with van der Waals surface area (Å²) in [5, 5.41) is 17.5. The van der Waals surface area contributed by atoms with Crippen LogP contribution < -0.4 is 5.48 Å². The van der Waals surface area contributed by atoms with E-state index in [1.54, 1.807) is 18.2 Å². The third-order valence-electron chi connectivity index (χ3n) is 3.67. The van der Waals surface area contributed by atoms with Crippen LogP contribution in [0.3, 0.4) is 0 Å². The quantitative estimate of drug-likeness (QED) is 0.312. The number of benzene rings is 2. The molecule has 134 valence electrons. The molecule has 0 aliphatic carbocycles. The van der Waals surface area contributed by atoms with E-state index >= 15 is 0 Å². The fraction of sp³-hybridized carbons (Fsp3) is 0.0556. The maximum Gasteiger partial charge on any atom is 0.335 e. The van der Waals surface area contributed by atoms with Crippen molar-refractivity contribution in [2.75, 3.05) is 0 Å². The van der Waals surface area contributed by atoms with Gasteiger partial charge in [-0.2, -0.15) is 0 Å². The zero-order valence-corrected chi connectivity index (χ0v) is 14.3. The molecule has 0 radical (unpaired) electrons. The predicted molar refractivity (Wildman–Crippen MR) is 98.5 cm³/mol. The molecule has 4 N–H and O–H groups in total. The highest BCUT2D eigenvalue weighted by atomic mass is 35.5. The number of aromatic nitrogens is 2. The van der Waals surface area contributed by atoms with Crippen LogP contribution in [0.4, 0.5) is 0 Å². The Labute approximate surface area is 154 Å². The van der Waals surface area contributed by atoms with Crippen molar-refractivity contribution in [1.29, 1.82) is 0 Å². The fourth-order valence-corrected chi connectivity index (χ4v) is 2.43. The molecule has 3 aromatic rings. The van der Waals surface area contributed by atoms with Crippen LogP contribution >= 0.6 is 12.4 Å². The van der Waals surface area contributed by atoms with Gasteiger partial charge in [-0.05, 0) is 35.4 Å². The van der Waals surface area contributed by atoms with Gasteiger partial charge in [-0.1, -0.05) is 24.3 Å². The Kier molecular flexibility index (Phi) is 6.11. The third kappa shape index (κ3) is 4.47. The second kappa shape index (κ2) is 8.28. The van der Waals surface area contributed by atoms with Crippen LogP contribution in [0.1, 0.15) is 27.3 Å². The number of hydroxylamine groups is 1. The van der Waals surface area contributed by atoms with Crippen molar-refractivity contribution in [3.8, 4) is 0 Å². The minimum absolute atomic E-state index is 0. The number of halogens is 1. The molecule has 0 aliphatic rings. The van der Waals surface area contributed by atoms with Crippen LogP contribution in [0.2, 0.25) is 0 Å². The van der Waals surface area contributed by atoms with Gasteiger partial charge in [0, 0.05) is 12.5 Å². The number of carboxylic acid groups (broad SMARTS) is 1. The summed E-state index contributed by atoms with van der Waals surface area (Å²) < 4.78 is 0. The largest absolute Gasteiger partial charge is 0.478 e. The Morgan fingerprint density at radius 1 is 1.15 bits per heavy atom. The van der Waals surface area contributed by atoms with Crippen LogP contribution in [0, 0.1) is 0 Å². The van der Waals surface area contributed by atoms with E-state index in [1.165, 1.54) is 17.6 Å². The first-order valence-corrected chi connectivity index (χ1v) is 7.48. The number of imidazole rings is 1. The zero-order chi connectivity index (χ0) is 17.8. The van der Waals surface area contributed by atoms with E-state index in [0.717, 1.165) is 22.5 Å². The first-order valence-electron chi connectivity index (χ1n) is 7.48. The molecule has 0 saturated carbocycles. The lowest BCUT2D eigenvalue weighted by Crippen LogP contribution is -2.14. The smallest absolute Gasteiger partial charge is 0.335 e. The highest BCUT2D eigenvalue weighted by Crippen LogP contribution is 2.16. The number of H-pyrrole nitrogens is 1. The van der Waals surface area contributed by atoms with E-state index in [-0.39, 0.29) is 18.0 Å². The second-order valence-electron chi connectivity index (χ2n) is 5.45. The number of hydrogen-bond acceptors (Lipinski definition) is 4. The summed E-state index contributed by atoms with van der Waals surface area (Å²) >= 11 is 0. The number of nitrogens with zero attached hydrogens (tertiary/aromatic N) is 1. The molecule has 8 heteroatoms. The molecule has 0 fully saturated rings. The number of aromatic carboxylic acids is 1. The molecule has 0 unspecified atom stereocenters. The summed E-state index contributed by atoms with van der Waals surface area (Å²) in [7, 11) is 0. The Bertz CT molecular complexity index is 964. The molecular weight excluding hydrogens is 358 g/mol. The van der Waals surface area contributed by atoms with Crippen molar-refractivity contribution in [3.05, 3.63) is 71.1 Å². The van der Waals surface area contributed by atoms with Crippen molar-refractivity contribution in [1.82, 2.24) is 15.4 Å². The zero-order valence-electron chi connectivity index (χ0n) is 13.5. The van der Waals surface area contributed by atoms with Crippen LogP contribution in [0.15, 0.2) is 48.5 Å². The molecule has 1 heterocycles. The fourth-order valence-electron chi connectivity index (χ4n) is 2.43. The lowest BCUT2D eigenvalue weighted by Gasteiger charge is -1.99. The van der Waals surface area contributed by atoms with Crippen molar-refractivity contribution < 1.29 is 19.9 Å². The van der Waals surface area contributed by atoms with Crippen molar-refractivity contribution in [2.24, 2.45) is 0 Å². The van der Waals surface area contributed by atoms with Crippen molar-refractivity contribution in [3.63, 3.8) is 0 Å². The first kappa shape index (κ1) is 19.2. The molecular formula is C18H16ClN3O4. The van der Waals surface area contributed by atoms with Crippen molar-refractivity contribution in [2.45, 2.75) is 6.42 Å². The summed E-state index contributed by atoms with van der Waals surface area (Å²) in [6.45, 7) is 0. The number of fused-ring (bicyclic) bond motifs is 1. The summed E-state index contributed by atoms with van der Waals surface area (Å²) in [5.41, 5.74) is 4.98. The van der Waals surface area contributed by atoms with E-state index in [9.17, 15) is 9.59 Å². The van der Waals surface area contributed by atoms with E-state index in [2.05, 4.69) is 9.97 Å². The summed E-state index contributed by atoms with van der Waals surface area (Å²) in [6.07, 6.45) is 3.39. The topological polar surface area (TPSA) is 115 Å². The summed E-state index contributed by atoms with van der Waals surface area (Å²) in [5.74, 6) is -0.829. The predicted octanol–water partition coefficient (Wildman–Crippen LogP) is 2.79. The Hall–Kier alpha value is -3.16. The van der Waals surface area contributed by atoms with Gasteiger partial charge in [-0.15, -0.1) is 12.4 Å². The van der Waals surface area contributed by atoms with Gasteiger partial charge in [0.25, 0.3) is 5.91 Å². The van der Waals surface area contributed by atoms with Gasteiger partial charge in [0.05, 0.1) is 16.6 Å². The Morgan fingerprint density at radius 3 is 2.54 bits per heavy atom. The normalized spacial score (nSPS) is 10.7. The number of carbonyl (C=O) groups excluding carboxylic acids is 1. The van der Waals surface area contributed by atoms with Crippen molar-refractivity contribution >= 4 is 41.4 Å². The SMILES string of the molecule is Cl.O=C(/C=C/c1ccc(Cc2nc3ccc(C(=O)O)cc3[nH]2)cc1)NO. The van der Waals surface area contributed by atoms with Crippen LogP contribution in [0.5, 0.6) is 0 Å². The number of hydrogen-bond donors (Lipinski definition) is 4. The van der Waals surface area contributed by atoms with Gasteiger partial charge in [-0.3, -0.25) is 10.0 Å². The Balaban J connectivity index is 0.00000243. The molecule has 1 aromatic heterocycles. The number of nitrogens with one attached hydrogen (secondary N) is 2. The molecule has 2 aromatic carbocycles. The van der Waals surface area contributed by atoms with E-state index < -0.39 is 11.9 Å². The molecule has 0 spiro atoms. The van der Waals surface area contributed by atoms with Gasteiger partial charge < -0.3 is 10.1 Å². The average molecular weight is 374 g/mol. The number of amides is 1. The number of aromatic amines is 1. The van der Waals surface area contributed by atoms with Crippen LogP contribution in [-0.4, -0.2) is 32.2 Å². The molecule has 0 atom stereocenters. The standard InChI is InChI=1S/C18H15N3O4.ClH/c22-17(21-25)8-5-11-1-3-12(4-2-11)9-16-19-14-7-6-13(18(23)24)10-15(14)20-16;/h1-8,10,25H,9H2,(H,19,20)(H,21,22)(H,23,24);1H/b8-5+;. The maximum atomic E-state index is 11.0. The summed E-state index contributed by atoms with van der Waals surface area (Å²) in [6, 6.07) is 12.3. The molecule has 0 saturated heterocycles. The Morgan fingerprint density at radius 2 is 1.88 bits per heavy atom. The average Bonchev–Trinajstić information content (AvgIpc) is 3.02. The van der Waals surface area contributed by atoms with Gasteiger partial charge in [-0.25, -0.2) is 15.3 Å². The van der Waals surface area contributed by atoms with Gasteiger partial charge >= 0.3 is 5.97 Å². The van der Waals surface area contributed by atoms with Crippen LogP contribution in [-0.2, 0) is 11.2 Å². The number of carbonyl (C=O) groups is 2. The minimum atomic E-state index is -0.975. The molecule has 0 aliphatic heterocycles.